The van der Waals surface area contributed by atoms with Gasteiger partial charge in [-0.1, -0.05) is 0 Å². The van der Waals surface area contributed by atoms with Crippen LogP contribution in [0, 0.1) is 5.92 Å². The van der Waals surface area contributed by atoms with Crippen molar-refractivity contribution in [3.63, 3.8) is 0 Å². The highest BCUT2D eigenvalue weighted by atomic mass is 16.2. The molecule has 1 amide bonds. The maximum absolute atomic E-state index is 12.8. The Morgan fingerprint density at radius 2 is 2.00 bits per heavy atom. The predicted molar refractivity (Wildman–Crippen MR) is 97.0 cm³/mol. The first-order chi connectivity index (χ1) is 12.8. The van der Waals surface area contributed by atoms with Crippen LogP contribution in [0.25, 0.3) is 0 Å². The minimum absolute atomic E-state index is 0.297. The average Bonchev–Trinajstić information content (AvgIpc) is 3.02. The van der Waals surface area contributed by atoms with Crippen molar-refractivity contribution in [2.75, 3.05) is 19.6 Å². The fraction of sp³-hybridized carbons (Fsp3) is 0.579. The van der Waals surface area contributed by atoms with Gasteiger partial charge >= 0.3 is 0 Å². The highest BCUT2D eigenvalue weighted by Crippen LogP contribution is 2.29. The summed E-state index contributed by atoms with van der Waals surface area (Å²) in [5.74, 6) is 0.889. The van der Waals surface area contributed by atoms with Crippen LogP contribution in [0.15, 0.2) is 37.2 Å². The van der Waals surface area contributed by atoms with Crippen molar-refractivity contribution < 1.29 is 4.79 Å². The van der Waals surface area contributed by atoms with Gasteiger partial charge in [0.2, 0.25) is 5.91 Å². The average molecular weight is 354 g/mol. The van der Waals surface area contributed by atoms with Crippen LogP contribution in [0.5, 0.6) is 0 Å². The Balaban J connectivity index is 1.33. The number of hydrogen-bond acceptors (Lipinski definition) is 5. The van der Waals surface area contributed by atoms with Gasteiger partial charge in [-0.15, -0.1) is 0 Å². The summed E-state index contributed by atoms with van der Waals surface area (Å²) >= 11 is 0. The second kappa shape index (κ2) is 7.95. The Labute approximate surface area is 154 Å². The number of carbonyl (C=O) groups is 1. The molecule has 2 atom stereocenters. The molecule has 138 valence electrons. The molecule has 0 radical (unpaired) electrons. The Bertz CT molecular complexity index is 704. The monoisotopic (exact) mass is 354 g/mol. The molecular formula is C19H26N6O. The summed E-state index contributed by atoms with van der Waals surface area (Å²) < 4.78 is 1.79. The molecule has 2 aromatic rings. The Morgan fingerprint density at radius 1 is 1.12 bits per heavy atom. The van der Waals surface area contributed by atoms with E-state index in [0.717, 1.165) is 45.6 Å². The van der Waals surface area contributed by atoms with E-state index in [0.29, 0.717) is 24.3 Å². The number of carbonyl (C=O) groups excluding carboxylic acids is 1. The molecule has 3 aliphatic rings. The Morgan fingerprint density at radius 3 is 2.81 bits per heavy atom. The first-order valence-electron chi connectivity index (χ1n) is 9.51. The molecule has 3 aliphatic heterocycles. The summed E-state index contributed by atoms with van der Waals surface area (Å²) in [6.07, 6.45) is 10.7. The molecule has 2 aromatic heterocycles. The smallest absolute Gasteiger partial charge is 0.222 e. The van der Waals surface area contributed by atoms with Gasteiger partial charge < -0.3 is 4.90 Å². The molecule has 0 saturated carbocycles. The highest BCUT2D eigenvalue weighted by Gasteiger charge is 2.36. The third kappa shape index (κ3) is 4.09. The zero-order valence-corrected chi connectivity index (χ0v) is 15.1. The molecular weight excluding hydrogens is 328 g/mol. The molecule has 3 saturated heterocycles. The van der Waals surface area contributed by atoms with Gasteiger partial charge in [0.25, 0.3) is 0 Å². The topological polar surface area (TPSA) is 67.2 Å². The number of aromatic nitrogens is 4. The quantitative estimate of drug-likeness (QED) is 0.788. The second-order valence-electron chi connectivity index (χ2n) is 7.45. The fourth-order valence-electron chi connectivity index (χ4n) is 4.24. The Kier molecular flexibility index (Phi) is 5.24. The van der Waals surface area contributed by atoms with Crippen LogP contribution >= 0.6 is 0 Å². The van der Waals surface area contributed by atoms with E-state index < -0.39 is 0 Å². The van der Waals surface area contributed by atoms with Crippen LogP contribution in [-0.4, -0.2) is 61.1 Å². The van der Waals surface area contributed by atoms with Crippen LogP contribution < -0.4 is 0 Å². The van der Waals surface area contributed by atoms with Gasteiger partial charge in [-0.25, -0.2) is 4.98 Å². The van der Waals surface area contributed by atoms with Crippen LogP contribution in [0.4, 0.5) is 0 Å². The second-order valence-corrected chi connectivity index (χ2v) is 7.45. The summed E-state index contributed by atoms with van der Waals surface area (Å²) in [5.41, 5.74) is 1.30. The Hall–Kier alpha value is -2.28. The van der Waals surface area contributed by atoms with E-state index >= 15 is 0 Å². The van der Waals surface area contributed by atoms with E-state index in [1.807, 2.05) is 12.4 Å². The van der Waals surface area contributed by atoms with E-state index in [9.17, 15) is 4.79 Å². The lowest BCUT2D eigenvalue weighted by Gasteiger charge is -2.36. The summed E-state index contributed by atoms with van der Waals surface area (Å²) in [4.78, 5) is 25.5. The minimum Gasteiger partial charge on any atom is -0.338 e. The lowest BCUT2D eigenvalue weighted by molar-refractivity contribution is -0.135. The highest BCUT2D eigenvalue weighted by molar-refractivity contribution is 5.76. The first kappa shape index (κ1) is 17.1. The van der Waals surface area contributed by atoms with Crippen molar-refractivity contribution in [3.05, 3.63) is 42.7 Å². The number of piperidine rings is 1. The van der Waals surface area contributed by atoms with E-state index in [1.165, 1.54) is 18.3 Å². The number of pyridine rings is 1. The fourth-order valence-corrected chi connectivity index (χ4v) is 4.24. The van der Waals surface area contributed by atoms with Gasteiger partial charge in [-0.3, -0.25) is 19.4 Å². The van der Waals surface area contributed by atoms with Gasteiger partial charge in [0.15, 0.2) is 0 Å². The molecule has 3 fully saturated rings. The first-order valence-corrected chi connectivity index (χ1v) is 9.51. The number of hydrogen-bond donors (Lipinski definition) is 0. The van der Waals surface area contributed by atoms with Crippen molar-refractivity contribution in [1.29, 1.82) is 0 Å². The minimum atomic E-state index is 0.297. The normalized spacial score (nSPS) is 23.2. The zero-order chi connectivity index (χ0) is 17.8. The van der Waals surface area contributed by atoms with E-state index in [4.69, 9.17) is 0 Å². The van der Waals surface area contributed by atoms with Crippen LogP contribution in [-0.2, 0) is 17.9 Å². The van der Waals surface area contributed by atoms with Gasteiger partial charge in [0.05, 0.1) is 0 Å². The van der Waals surface area contributed by atoms with Crippen molar-refractivity contribution >= 4 is 5.91 Å². The molecule has 5 heterocycles. The standard InChI is InChI=1S/C19H26N6O/c26-19(2-1-9-24-15-21-14-22-24)25-12-17-3-4-18(25)13-23(11-17)10-16-5-7-20-8-6-16/h5-8,14-15,17-18H,1-4,9-13H2/t17-,18+/m0/s1. The van der Waals surface area contributed by atoms with Gasteiger partial charge in [-0.2, -0.15) is 5.10 Å². The van der Waals surface area contributed by atoms with E-state index in [1.54, 1.807) is 11.0 Å². The van der Waals surface area contributed by atoms with Crippen LogP contribution in [0.3, 0.4) is 0 Å². The lowest BCUT2D eigenvalue weighted by atomic mass is 9.94. The molecule has 7 nitrogen and oxygen atoms in total. The van der Waals surface area contributed by atoms with Crippen LogP contribution in [0.2, 0.25) is 0 Å². The van der Waals surface area contributed by atoms with Crippen molar-refractivity contribution in [1.82, 2.24) is 29.5 Å². The van der Waals surface area contributed by atoms with E-state index in [2.05, 4.69) is 37.0 Å². The third-order valence-corrected chi connectivity index (χ3v) is 5.51. The van der Waals surface area contributed by atoms with Crippen LogP contribution in [0.1, 0.15) is 31.2 Å². The molecule has 2 bridgehead atoms. The molecule has 7 heteroatoms. The molecule has 5 rings (SSSR count). The zero-order valence-electron chi connectivity index (χ0n) is 15.1. The summed E-state index contributed by atoms with van der Waals surface area (Å²) in [7, 11) is 0. The molecule has 0 unspecified atom stereocenters. The molecule has 0 aromatic carbocycles. The predicted octanol–water partition coefficient (Wildman–Crippen LogP) is 1.58. The molecule has 0 aliphatic carbocycles. The number of amides is 1. The molecule has 26 heavy (non-hydrogen) atoms. The number of nitrogens with zero attached hydrogens (tertiary/aromatic N) is 6. The maximum atomic E-state index is 12.8. The number of fused-ring (bicyclic) bond motifs is 4. The largest absolute Gasteiger partial charge is 0.338 e. The summed E-state index contributed by atoms with van der Waals surface area (Å²) in [6, 6.07) is 4.52. The van der Waals surface area contributed by atoms with E-state index in [-0.39, 0.29) is 0 Å². The van der Waals surface area contributed by atoms with Crippen molar-refractivity contribution in [3.8, 4) is 0 Å². The summed E-state index contributed by atoms with van der Waals surface area (Å²) in [6.45, 7) is 4.68. The SMILES string of the molecule is O=C(CCCn1cncn1)N1C[C@H]2CC[C@@H]1CN(Cc1ccncc1)C2. The number of rotatable bonds is 6. The number of aryl methyl sites for hydroxylation is 1. The maximum Gasteiger partial charge on any atom is 0.222 e. The third-order valence-electron chi connectivity index (χ3n) is 5.51. The molecule has 0 N–H and O–H groups in total. The lowest BCUT2D eigenvalue weighted by Crippen LogP contribution is -2.47. The van der Waals surface area contributed by atoms with Gasteiger partial charge in [0.1, 0.15) is 12.7 Å². The van der Waals surface area contributed by atoms with Gasteiger partial charge in [0, 0.05) is 57.6 Å². The van der Waals surface area contributed by atoms with Crippen molar-refractivity contribution in [2.45, 2.75) is 44.8 Å². The summed E-state index contributed by atoms with van der Waals surface area (Å²) in [5, 5.41) is 4.10. The van der Waals surface area contributed by atoms with Crippen molar-refractivity contribution in [2.24, 2.45) is 5.92 Å². The molecule has 0 spiro atoms. The van der Waals surface area contributed by atoms with Gasteiger partial charge in [-0.05, 0) is 42.9 Å².